The zero-order chi connectivity index (χ0) is 14.1. The SMILES string of the molecule is CC1CCC(Oc2ccc3ccc(Br)cc3c2I)CC1. The van der Waals surface area contributed by atoms with Gasteiger partial charge in [0.05, 0.1) is 9.67 Å². The number of hydrogen-bond donors (Lipinski definition) is 0. The van der Waals surface area contributed by atoms with Gasteiger partial charge in [-0.1, -0.05) is 35.0 Å². The van der Waals surface area contributed by atoms with Gasteiger partial charge in [-0.2, -0.15) is 0 Å². The second-order valence-corrected chi connectivity index (χ2v) is 7.74. The highest BCUT2D eigenvalue weighted by molar-refractivity contribution is 14.1. The van der Waals surface area contributed by atoms with Crippen LogP contribution in [0.2, 0.25) is 0 Å². The Bertz CT molecular complexity index is 618. The molecule has 1 nitrogen and oxygen atoms in total. The third-order valence-corrected chi connectivity index (χ3v) is 5.74. The first-order valence-electron chi connectivity index (χ1n) is 7.18. The Hall–Kier alpha value is -0.290. The average Bonchev–Trinajstić information content (AvgIpc) is 2.45. The second kappa shape index (κ2) is 6.22. The van der Waals surface area contributed by atoms with Crippen LogP contribution in [0.3, 0.4) is 0 Å². The number of ether oxygens (including phenoxy) is 1. The molecule has 0 amide bonds. The Morgan fingerprint density at radius 3 is 2.55 bits per heavy atom. The number of fused-ring (bicyclic) bond motifs is 1. The first-order chi connectivity index (χ1) is 9.63. The summed E-state index contributed by atoms with van der Waals surface area (Å²) in [4.78, 5) is 0. The Morgan fingerprint density at radius 2 is 1.80 bits per heavy atom. The van der Waals surface area contributed by atoms with Crippen molar-refractivity contribution in [3.8, 4) is 5.75 Å². The number of hydrogen-bond acceptors (Lipinski definition) is 1. The van der Waals surface area contributed by atoms with Crippen molar-refractivity contribution in [3.63, 3.8) is 0 Å². The van der Waals surface area contributed by atoms with E-state index in [9.17, 15) is 0 Å². The van der Waals surface area contributed by atoms with Crippen LogP contribution in [-0.2, 0) is 0 Å². The van der Waals surface area contributed by atoms with Crippen molar-refractivity contribution in [2.24, 2.45) is 5.92 Å². The van der Waals surface area contributed by atoms with Gasteiger partial charge in [0.1, 0.15) is 5.75 Å². The minimum absolute atomic E-state index is 0.393. The highest BCUT2D eigenvalue weighted by Crippen LogP contribution is 2.34. The summed E-state index contributed by atoms with van der Waals surface area (Å²) >= 11 is 5.96. The molecule has 3 rings (SSSR count). The molecule has 0 bridgehead atoms. The van der Waals surface area contributed by atoms with Crippen LogP contribution >= 0.6 is 38.5 Å². The molecule has 1 aliphatic carbocycles. The molecule has 0 aromatic heterocycles. The minimum atomic E-state index is 0.393. The monoisotopic (exact) mass is 444 g/mol. The van der Waals surface area contributed by atoms with Gasteiger partial charge in [0.2, 0.25) is 0 Å². The topological polar surface area (TPSA) is 9.23 Å². The molecule has 0 saturated heterocycles. The van der Waals surface area contributed by atoms with Crippen LogP contribution in [0.25, 0.3) is 10.8 Å². The third-order valence-electron chi connectivity index (χ3n) is 4.14. The van der Waals surface area contributed by atoms with Crippen molar-refractivity contribution in [1.82, 2.24) is 0 Å². The van der Waals surface area contributed by atoms with Crippen LogP contribution in [0.5, 0.6) is 5.75 Å². The van der Waals surface area contributed by atoms with Gasteiger partial charge in [-0.05, 0) is 83.2 Å². The molecule has 106 valence electrons. The Morgan fingerprint density at radius 1 is 1.10 bits per heavy atom. The molecule has 2 aromatic rings. The van der Waals surface area contributed by atoms with Crippen LogP contribution in [0, 0.1) is 9.49 Å². The molecular formula is C17H18BrIO. The average molecular weight is 445 g/mol. The number of rotatable bonds is 2. The van der Waals surface area contributed by atoms with Crippen LogP contribution < -0.4 is 4.74 Å². The molecular weight excluding hydrogens is 427 g/mol. The van der Waals surface area contributed by atoms with E-state index in [0.29, 0.717) is 6.10 Å². The molecule has 1 saturated carbocycles. The quantitative estimate of drug-likeness (QED) is 0.503. The normalized spacial score (nSPS) is 22.9. The van der Waals surface area contributed by atoms with Crippen molar-refractivity contribution in [1.29, 1.82) is 0 Å². The van der Waals surface area contributed by atoms with Crippen LogP contribution in [0.15, 0.2) is 34.8 Å². The minimum Gasteiger partial charge on any atom is -0.489 e. The van der Waals surface area contributed by atoms with Crippen molar-refractivity contribution in [2.75, 3.05) is 0 Å². The van der Waals surface area contributed by atoms with Gasteiger partial charge in [0.25, 0.3) is 0 Å². The molecule has 20 heavy (non-hydrogen) atoms. The summed E-state index contributed by atoms with van der Waals surface area (Å²) in [6, 6.07) is 10.7. The lowest BCUT2D eigenvalue weighted by molar-refractivity contribution is 0.135. The van der Waals surface area contributed by atoms with E-state index in [2.05, 4.69) is 75.8 Å². The predicted molar refractivity (Wildman–Crippen MR) is 96.4 cm³/mol. The number of benzene rings is 2. The van der Waals surface area contributed by atoms with Crippen LogP contribution in [0.1, 0.15) is 32.6 Å². The third kappa shape index (κ3) is 3.14. The summed E-state index contributed by atoms with van der Waals surface area (Å²) < 4.78 is 8.60. The van der Waals surface area contributed by atoms with E-state index in [-0.39, 0.29) is 0 Å². The Kier molecular flexibility index (Phi) is 4.55. The molecule has 3 heteroatoms. The van der Waals surface area contributed by atoms with E-state index in [1.54, 1.807) is 0 Å². The van der Waals surface area contributed by atoms with E-state index < -0.39 is 0 Å². The lowest BCUT2D eigenvalue weighted by atomic mass is 9.89. The molecule has 0 atom stereocenters. The van der Waals surface area contributed by atoms with E-state index in [4.69, 9.17) is 4.74 Å². The highest BCUT2D eigenvalue weighted by Gasteiger charge is 2.20. The summed E-state index contributed by atoms with van der Waals surface area (Å²) in [5, 5.41) is 2.53. The zero-order valence-electron chi connectivity index (χ0n) is 11.5. The Balaban J connectivity index is 1.86. The summed E-state index contributed by atoms with van der Waals surface area (Å²) in [5.74, 6) is 1.90. The van der Waals surface area contributed by atoms with Gasteiger partial charge in [0.15, 0.2) is 0 Å². The molecule has 1 aliphatic rings. The van der Waals surface area contributed by atoms with E-state index in [1.165, 1.54) is 40.0 Å². The molecule has 0 radical (unpaired) electrons. The van der Waals surface area contributed by atoms with Gasteiger partial charge in [-0.3, -0.25) is 0 Å². The van der Waals surface area contributed by atoms with Gasteiger partial charge < -0.3 is 4.74 Å². The van der Waals surface area contributed by atoms with Gasteiger partial charge in [-0.25, -0.2) is 0 Å². The standard InChI is InChI=1S/C17H18BrIO/c1-11-2-7-14(8-3-11)20-16-9-5-12-4-6-13(18)10-15(12)17(16)19/h4-6,9-11,14H,2-3,7-8H2,1H3. The lowest BCUT2D eigenvalue weighted by Crippen LogP contribution is -2.23. The maximum Gasteiger partial charge on any atom is 0.133 e. The van der Waals surface area contributed by atoms with Crippen molar-refractivity contribution >= 4 is 49.3 Å². The molecule has 0 unspecified atom stereocenters. The molecule has 1 fully saturated rings. The Labute approximate surface area is 142 Å². The van der Waals surface area contributed by atoms with Crippen molar-refractivity contribution in [3.05, 3.63) is 38.4 Å². The molecule has 0 aliphatic heterocycles. The van der Waals surface area contributed by atoms with Crippen LogP contribution in [-0.4, -0.2) is 6.10 Å². The van der Waals surface area contributed by atoms with E-state index >= 15 is 0 Å². The van der Waals surface area contributed by atoms with Gasteiger partial charge >= 0.3 is 0 Å². The summed E-state index contributed by atoms with van der Waals surface area (Å²) in [6.07, 6.45) is 5.35. The van der Waals surface area contributed by atoms with Gasteiger partial charge in [-0.15, -0.1) is 0 Å². The fourth-order valence-electron chi connectivity index (χ4n) is 2.85. The summed E-state index contributed by atoms with van der Waals surface area (Å²) in [5.41, 5.74) is 0. The zero-order valence-corrected chi connectivity index (χ0v) is 15.3. The smallest absolute Gasteiger partial charge is 0.133 e. The highest BCUT2D eigenvalue weighted by atomic mass is 127. The molecule has 0 N–H and O–H groups in total. The fourth-order valence-corrected chi connectivity index (χ4v) is 3.99. The van der Waals surface area contributed by atoms with Crippen LogP contribution in [0.4, 0.5) is 0 Å². The maximum atomic E-state index is 6.26. The number of halogens is 2. The molecule has 0 heterocycles. The maximum absolute atomic E-state index is 6.26. The first-order valence-corrected chi connectivity index (χ1v) is 9.05. The molecule has 0 spiro atoms. The van der Waals surface area contributed by atoms with Crippen molar-refractivity contribution in [2.45, 2.75) is 38.7 Å². The second-order valence-electron chi connectivity index (χ2n) is 5.74. The summed E-state index contributed by atoms with van der Waals surface area (Å²) in [6.45, 7) is 2.34. The van der Waals surface area contributed by atoms with E-state index in [1.807, 2.05) is 0 Å². The van der Waals surface area contributed by atoms with Crippen molar-refractivity contribution < 1.29 is 4.74 Å². The largest absolute Gasteiger partial charge is 0.489 e. The molecule has 2 aromatic carbocycles. The predicted octanol–water partition coefficient (Wildman–Crippen LogP) is 6.16. The van der Waals surface area contributed by atoms with Gasteiger partial charge in [0, 0.05) is 4.47 Å². The first kappa shape index (κ1) is 14.6. The fraction of sp³-hybridized carbons (Fsp3) is 0.412. The van der Waals surface area contributed by atoms with E-state index in [0.717, 1.165) is 16.1 Å². The summed E-state index contributed by atoms with van der Waals surface area (Å²) in [7, 11) is 0. The lowest BCUT2D eigenvalue weighted by Gasteiger charge is -2.27.